The zero-order valence-electron chi connectivity index (χ0n) is 17.8. The van der Waals surface area contributed by atoms with Crippen molar-refractivity contribution in [1.29, 1.82) is 0 Å². The summed E-state index contributed by atoms with van der Waals surface area (Å²) in [6.07, 6.45) is -1.90. The molecule has 0 saturated carbocycles. The van der Waals surface area contributed by atoms with E-state index in [0.717, 1.165) is 6.92 Å². The smallest absolute Gasteiger partial charge is 0.337 e. The summed E-state index contributed by atoms with van der Waals surface area (Å²) >= 11 is 0. The molecule has 0 aromatic rings. The molecule has 1 rings (SSSR count). The van der Waals surface area contributed by atoms with E-state index >= 15 is 0 Å². The second-order valence-electron chi connectivity index (χ2n) is 6.47. The lowest BCUT2D eigenvalue weighted by atomic mass is 9.72. The summed E-state index contributed by atoms with van der Waals surface area (Å²) in [7, 11) is -5.32. The van der Waals surface area contributed by atoms with Gasteiger partial charge in [-0.15, -0.1) is 0 Å². The zero-order valence-corrected chi connectivity index (χ0v) is 18.7. The molecule has 226 valence electrons. The third kappa shape index (κ3) is 4.56. The molecule has 2 unspecified atom stereocenters. The van der Waals surface area contributed by atoms with E-state index in [1.165, 1.54) is 0 Å². The molecule has 0 heterocycles. The quantitative estimate of drug-likeness (QED) is 0.0393. The second kappa shape index (κ2) is 12.9. The van der Waals surface area contributed by atoms with Crippen LogP contribution in [0.5, 0.6) is 0 Å². The highest BCUT2D eigenvalue weighted by Crippen LogP contribution is 2.62. The monoisotopic (exact) mass is 602 g/mol. The van der Waals surface area contributed by atoms with Gasteiger partial charge in [-0.05, 0) is 6.92 Å². The van der Waals surface area contributed by atoms with Crippen molar-refractivity contribution < 1.29 is 135 Å². The molecule has 13 N–H and O–H groups in total. The molecule has 2 atom stereocenters. The van der Waals surface area contributed by atoms with Gasteiger partial charge in [0.25, 0.3) is 5.76 Å². The minimum Gasteiger partial charge on any atom is -0.337 e. The Hall–Kier alpha value is -1.39. The average Bonchev–Trinajstić information content (AvgIpc) is 2.91. The maximum atomic E-state index is 11.0. The van der Waals surface area contributed by atoms with Crippen LogP contribution in [0.25, 0.3) is 0 Å². The molecule has 0 saturated heterocycles. The summed E-state index contributed by atoms with van der Waals surface area (Å²) < 4.78 is 19.8. The minimum absolute atomic E-state index is 0.786. The zero-order chi connectivity index (χ0) is 29.6. The molecular weight excluding hydrogens is 583 g/mol. The highest BCUT2D eigenvalue weighted by molar-refractivity contribution is 7.46. The van der Waals surface area contributed by atoms with Crippen molar-refractivity contribution in [2.45, 2.75) is 42.0 Å². The molecule has 0 aromatic heterocycles. The Bertz CT molecular complexity index is 822. The highest BCUT2D eigenvalue weighted by atomic mass is 31.2. The van der Waals surface area contributed by atoms with Crippen molar-refractivity contribution in [3.8, 4) is 0 Å². The normalized spacial score (nSPS) is 23.8. The van der Waals surface area contributed by atoms with Gasteiger partial charge in [-0.25, -0.2) is 62.0 Å². The number of hydrogen-bond acceptors (Lipinski definition) is 25. The molecule has 28 heteroatoms. The van der Waals surface area contributed by atoms with Crippen molar-refractivity contribution in [3.63, 3.8) is 0 Å². The third-order valence-electron chi connectivity index (χ3n) is 4.74. The fourth-order valence-electron chi connectivity index (χ4n) is 3.30. The lowest BCUT2D eigenvalue weighted by Crippen LogP contribution is -2.88. The first kappa shape index (κ1) is 34.6. The fraction of sp³-hybridized carbons (Fsp3) is 0.800. The molecule has 27 nitrogen and oxygen atoms in total. The first-order valence-electron chi connectivity index (χ1n) is 8.48. The number of ether oxygens (including phenoxy) is 1. The predicted octanol–water partition coefficient (Wildman–Crippen LogP) is -1.41. The third-order valence-corrected chi connectivity index (χ3v) is 5.38. The summed E-state index contributed by atoms with van der Waals surface area (Å²) in [5.41, 5.74) is -4.74. The van der Waals surface area contributed by atoms with Gasteiger partial charge in [0.15, 0.2) is 0 Å². The maximum absolute atomic E-state index is 11.0. The summed E-state index contributed by atoms with van der Waals surface area (Å²) in [5.74, 6) is -23.4. The van der Waals surface area contributed by atoms with E-state index in [4.69, 9.17) is 9.79 Å². The lowest BCUT2D eigenvalue weighted by molar-refractivity contribution is -0.727. The van der Waals surface area contributed by atoms with Crippen LogP contribution in [0.2, 0.25) is 0 Å². The van der Waals surface area contributed by atoms with Crippen molar-refractivity contribution in [3.05, 3.63) is 11.5 Å². The van der Waals surface area contributed by atoms with Crippen LogP contribution < -0.4 is 0 Å². The van der Waals surface area contributed by atoms with E-state index in [0.29, 0.717) is 0 Å². The summed E-state index contributed by atoms with van der Waals surface area (Å²) in [5, 5.41) is 105. The van der Waals surface area contributed by atoms with Gasteiger partial charge >= 0.3 is 36.8 Å². The molecule has 1 aliphatic carbocycles. The maximum Gasteiger partial charge on any atom is 0.469 e. The summed E-state index contributed by atoms with van der Waals surface area (Å²) in [6, 6.07) is 0. The van der Waals surface area contributed by atoms with E-state index in [1.807, 2.05) is 0 Å². The van der Waals surface area contributed by atoms with E-state index in [1.54, 1.807) is 0 Å². The molecule has 0 spiro atoms. The largest absolute Gasteiger partial charge is 0.469 e. The van der Waals surface area contributed by atoms with Crippen LogP contribution >= 0.6 is 7.82 Å². The fourth-order valence-corrected chi connectivity index (χ4v) is 3.83. The van der Waals surface area contributed by atoms with Crippen molar-refractivity contribution in [1.82, 2.24) is 0 Å². The van der Waals surface area contributed by atoms with Gasteiger partial charge in [-0.3, -0.25) is 9.78 Å². The molecule has 1 aliphatic rings. The molecule has 0 radical (unpaired) electrons. The van der Waals surface area contributed by atoms with Crippen LogP contribution in [0.3, 0.4) is 0 Å². The van der Waals surface area contributed by atoms with Crippen molar-refractivity contribution >= 4 is 7.82 Å². The summed E-state index contributed by atoms with van der Waals surface area (Å²) in [4.78, 5) is 57.5. The van der Waals surface area contributed by atoms with Crippen molar-refractivity contribution in [2.75, 3.05) is 6.61 Å². The van der Waals surface area contributed by atoms with Gasteiger partial charge in [0.2, 0.25) is 5.76 Å². The van der Waals surface area contributed by atoms with Crippen LogP contribution in [-0.4, -0.2) is 109 Å². The molecule has 0 fully saturated rings. The number of hydrogen-bond donors (Lipinski definition) is 13. The van der Waals surface area contributed by atoms with Gasteiger partial charge in [0.1, 0.15) is 0 Å². The van der Waals surface area contributed by atoms with Gasteiger partial charge in [-0.1, -0.05) is 0 Å². The van der Waals surface area contributed by atoms with E-state index < -0.39 is 61.0 Å². The SMILES string of the molecule is CC(COC(OO)(OO)C1(OO)C(OO)=C(OO)C(OO)(OO)C(OO)(OO)C1(OO)OO)OP(=O)(O)O. The van der Waals surface area contributed by atoms with Gasteiger partial charge < -0.3 is 24.3 Å². The Morgan fingerprint density at radius 2 is 1.16 bits per heavy atom. The summed E-state index contributed by atoms with van der Waals surface area (Å²) in [6.45, 7) is -0.697. The Morgan fingerprint density at radius 1 is 0.711 bits per heavy atom. The van der Waals surface area contributed by atoms with Crippen LogP contribution in [0.4, 0.5) is 0 Å². The average molecular weight is 602 g/mol. The van der Waals surface area contributed by atoms with E-state index in [9.17, 15) is 62.4 Å². The molecule has 38 heavy (non-hydrogen) atoms. The van der Waals surface area contributed by atoms with Crippen LogP contribution in [0.1, 0.15) is 6.92 Å². The first-order chi connectivity index (χ1) is 17.8. The number of phosphoric acid groups is 1. The van der Waals surface area contributed by atoms with Crippen LogP contribution in [0, 0.1) is 0 Å². The van der Waals surface area contributed by atoms with Gasteiger partial charge in [0.05, 0.1) is 12.7 Å². The van der Waals surface area contributed by atoms with E-state index in [2.05, 4.69) is 63.0 Å². The minimum atomic E-state index is -5.32. The van der Waals surface area contributed by atoms with Crippen LogP contribution in [-0.2, 0) is 67.6 Å². The van der Waals surface area contributed by atoms with Crippen molar-refractivity contribution in [2.24, 2.45) is 0 Å². The lowest BCUT2D eigenvalue weighted by Gasteiger charge is -2.57. The Labute approximate surface area is 204 Å². The molecule has 0 aliphatic heterocycles. The molecule has 0 amide bonds. The topological polar surface area (TPSA) is 400 Å². The number of rotatable bonds is 17. The molecular formula is C10H19O27P. The van der Waals surface area contributed by atoms with E-state index in [-0.39, 0.29) is 0 Å². The van der Waals surface area contributed by atoms with Gasteiger partial charge in [0, 0.05) is 0 Å². The molecule has 0 bridgehead atoms. The van der Waals surface area contributed by atoms with Crippen LogP contribution in [0.15, 0.2) is 11.5 Å². The van der Waals surface area contributed by atoms with Gasteiger partial charge in [-0.2, -0.15) is 39.1 Å². The standard InChI is InChI=1S/C10H19O27P/c1-3(28-38(22,23)24)2-25-10(36-20,37-21)6(29-13)4(26-11)5(27-12)7(30-14,31-15)9(34-18,35-19)8(6,32-16)33-17/h3,11-21H,2H2,1H3,(H2,22,23,24). The highest BCUT2D eigenvalue weighted by Gasteiger charge is 2.96. The molecule has 0 aromatic carbocycles. The Balaban J connectivity index is 4.36. The second-order valence-corrected chi connectivity index (χ2v) is 7.66. The first-order valence-corrected chi connectivity index (χ1v) is 10.0. The number of phosphoric ester groups is 1. The Kier molecular flexibility index (Phi) is 11.7. The Morgan fingerprint density at radius 3 is 1.45 bits per heavy atom. The predicted molar refractivity (Wildman–Crippen MR) is 90.1 cm³/mol.